The van der Waals surface area contributed by atoms with Crippen LogP contribution < -0.4 is 10.6 Å². The summed E-state index contributed by atoms with van der Waals surface area (Å²) in [5.74, 6) is -0.752. The molecule has 2 N–H and O–H groups in total. The minimum Gasteiger partial charge on any atom is -0.351 e. The molecule has 0 bridgehead atoms. The van der Waals surface area contributed by atoms with Crippen molar-refractivity contribution in [1.29, 1.82) is 0 Å². The van der Waals surface area contributed by atoms with E-state index in [9.17, 15) is 19.7 Å². The standard InChI is InChI=1S/C17H15BrClN3O4/c1-10-2-3-11(18)8-15(10)21-16(23)6-7-20-17(24)13-5-4-12(22(25)26)9-14(13)19/h2-5,8-9H,6-7H2,1H3,(H,20,24)(H,21,23). The average Bonchev–Trinajstić information content (AvgIpc) is 2.57. The van der Waals surface area contributed by atoms with E-state index < -0.39 is 10.8 Å². The van der Waals surface area contributed by atoms with Crippen LogP contribution in [0.15, 0.2) is 40.9 Å². The first-order chi connectivity index (χ1) is 12.3. The monoisotopic (exact) mass is 439 g/mol. The lowest BCUT2D eigenvalue weighted by atomic mass is 10.2. The molecule has 26 heavy (non-hydrogen) atoms. The van der Waals surface area contributed by atoms with E-state index in [0.29, 0.717) is 5.69 Å². The number of carbonyl (C=O) groups excluding carboxylic acids is 2. The summed E-state index contributed by atoms with van der Waals surface area (Å²) in [7, 11) is 0. The summed E-state index contributed by atoms with van der Waals surface area (Å²) >= 11 is 9.24. The van der Waals surface area contributed by atoms with Crippen LogP contribution in [0.1, 0.15) is 22.3 Å². The Morgan fingerprint density at radius 2 is 1.96 bits per heavy atom. The fourth-order valence-corrected chi connectivity index (χ4v) is 2.75. The van der Waals surface area contributed by atoms with Gasteiger partial charge in [-0.1, -0.05) is 33.6 Å². The lowest BCUT2D eigenvalue weighted by molar-refractivity contribution is -0.384. The van der Waals surface area contributed by atoms with Gasteiger partial charge in [0.15, 0.2) is 0 Å². The van der Waals surface area contributed by atoms with Gasteiger partial charge in [0.2, 0.25) is 5.91 Å². The van der Waals surface area contributed by atoms with E-state index in [1.807, 2.05) is 19.1 Å². The van der Waals surface area contributed by atoms with Crippen molar-refractivity contribution in [3.05, 3.63) is 67.1 Å². The highest BCUT2D eigenvalue weighted by Crippen LogP contribution is 2.22. The molecule has 0 aliphatic heterocycles. The number of halogens is 2. The molecule has 2 amide bonds. The molecule has 136 valence electrons. The molecular weight excluding hydrogens is 426 g/mol. The van der Waals surface area contributed by atoms with Gasteiger partial charge in [-0.15, -0.1) is 0 Å². The van der Waals surface area contributed by atoms with Crippen molar-refractivity contribution < 1.29 is 14.5 Å². The Morgan fingerprint density at radius 3 is 2.62 bits per heavy atom. The maximum atomic E-state index is 12.1. The van der Waals surface area contributed by atoms with E-state index in [1.165, 1.54) is 12.1 Å². The van der Waals surface area contributed by atoms with Gasteiger partial charge >= 0.3 is 0 Å². The summed E-state index contributed by atoms with van der Waals surface area (Å²) in [6.07, 6.45) is 0.0717. The molecule has 9 heteroatoms. The highest BCUT2D eigenvalue weighted by Gasteiger charge is 2.15. The molecule has 2 aromatic rings. The molecule has 0 radical (unpaired) electrons. The molecular formula is C17H15BrClN3O4. The maximum Gasteiger partial charge on any atom is 0.270 e. The quantitative estimate of drug-likeness (QED) is 0.522. The molecule has 0 aromatic heterocycles. The molecule has 0 heterocycles. The third-order valence-electron chi connectivity index (χ3n) is 3.52. The Bertz CT molecular complexity index is 873. The third-order valence-corrected chi connectivity index (χ3v) is 4.33. The zero-order valence-corrected chi connectivity index (χ0v) is 16.1. The van der Waals surface area contributed by atoms with E-state index in [2.05, 4.69) is 26.6 Å². The molecule has 0 unspecified atom stereocenters. The Kier molecular flexibility index (Phi) is 6.70. The van der Waals surface area contributed by atoms with Crippen LogP contribution in [0.5, 0.6) is 0 Å². The number of aryl methyl sites for hydroxylation is 1. The number of benzene rings is 2. The van der Waals surface area contributed by atoms with Crippen molar-refractivity contribution in [3.8, 4) is 0 Å². The summed E-state index contributed by atoms with van der Waals surface area (Å²) in [5.41, 5.74) is 1.52. The summed E-state index contributed by atoms with van der Waals surface area (Å²) in [6, 6.07) is 9.13. The van der Waals surface area contributed by atoms with Gasteiger partial charge < -0.3 is 10.6 Å². The first kappa shape index (κ1) is 19.9. The van der Waals surface area contributed by atoms with Gasteiger partial charge in [-0.3, -0.25) is 19.7 Å². The molecule has 0 saturated carbocycles. The first-order valence-electron chi connectivity index (χ1n) is 7.56. The van der Waals surface area contributed by atoms with Crippen LogP contribution >= 0.6 is 27.5 Å². The number of rotatable bonds is 6. The van der Waals surface area contributed by atoms with E-state index in [1.54, 1.807) is 6.07 Å². The minimum absolute atomic E-state index is 0.0223. The molecule has 0 aliphatic carbocycles. The van der Waals surface area contributed by atoms with Crippen LogP contribution in [0.25, 0.3) is 0 Å². The topological polar surface area (TPSA) is 101 Å². The number of nitrogens with zero attached hydrogens (tertiary/aromatic N) is 1. The van der Waals surface area contributed by atoms with E-state index in [4.69, 9.17) is 11.6 Å². The van der Waals surface area contributed by atoms with Crippen LogP contribution in [-0.2, 0) is 4.79 Å². The summed E-state index contributed by atoms with van der Waals surface area (Å²) < 4.78 is 0.847. The average molecular weight is 441 g/mol. The second-order valence-electron chi connectivity index (χ2n) is 5.43. The Labute approximate surface area is 163 Å². The van der Waals surface area contributed by atoms with Crippen LogP contribution in [0, 0.1) is 17.0 Å². The number of nitro benzene ring substituents is 1. The van der Waals surface area contributed by atoms with Gasteiger partial charge in [0.1, 0.15) is 0 Å². The van der Waals surface area contributed by atoms with Crippen molar-refractivity contribution in [2.75, 3.05) is 11.9 Å². The van der Waals surface area contributed by atoms with Gasteiger partial charge in [0.05, 0.1) is 15.5 Å². The SMILES string of the molecule is Cc1ccc(Br)cc1NC(=O)CCNC(=O)c1ccc([N+](=O)[O-])cc1Cl. The van der Waals surface area contributed by atoms with Crippen molar-refractivity contribution >= 4 is 50.7 Å². The molecule has 0 saturated heterocycles. The molecule has 2 aromatic carbocycles. The number of anilines is 1. The van der Waals surface area contributed by atoms with Crippen LogP contribution in [0.2, 0.25) is 5.02 Å². The number of carbonyl (C=O) groups is 2. The highest BCUT2D eigenvalue weighted by atomic mass is 79.9. The van der Waals surface area contributed by atoms with Gasteiger partial charge in [0, 0.05) is 35.3 Å². The predicted octanol–water partition coefficient (Wildman–Crippen LogP) is 4.08. The third kappa shape index (κ3) is 5.27. The maximum absolute atomic E-state index is 12.1. The Hall–Kier alpha value is -2.45. The lowest BCUT2D eigenvalue weighted by Gasteiger charge is -2.10. The molecule has 0 fully saturated rings. The summed E-state index contributed by atoms with van der Waals surface area (Å²) in [5, 5.41) is 16.0. The summed E-state index contributed by atoms with van der Waals surface area (Å²) in [4.78, 5) is 34.2. The van der Waals surface area contributed by atoms with E-state index in [0.717, 1.165) is 16.1 Å². The first-order valence-corrected chi connectivity index (χ1v) is 8.73. The normalized spacial score (nSPS) is 10.3. The van der Waals surface area contributed by atoms with E-state index in [-0.39, 0.29) is 35.1 Å². The van der Waals surface area contributed by atoms with Crippen LogP contribution in [0.4, 0.5) is 11.4 Å². The number of hydrogen-bond acceptors (Lipinski definition) is 4. The number of non-ortho nitro benzene ring substituents is 1. The van der Waals surface area contributed by atoms with Crippen molar-refractivity contribution in [2.45, 2.75) is 13.3 Å². The minimum atomic E-state index is -0.595. The largest absolute Gasteiger partial charge is 0.351 e. The van der Waals surface area contributed by atoms with Gasteiger partial charge in [-0.05, 0) is 30.7 Å². The highest BCUT2D eigenvalue weighted by molar-refractivity contribution is 9.10. The Morgan fingerprint density at radius 1 is 1.23 bits per heavy atom. The predicted molar refractivity (Wildman–Crippen MR) is 103 cm³/mol. The lowest BCUT2D eigenvalue weighted by Crippen LogP contribution is -2.28. The fourth-order valence-electron chi connectivity index (χ4n) is 2.13. The van der Waals surface area contributed by atoms with Gasteiger partial charge in [0.25, 0.3) is 11.6 Å². The second-order valence-corrected chi connectivity index (χ2v) is 6.76. The number of amides is 2. The Balaban J connectivity index is 1.89. The van der Waals surface area contributed by atoms with Gasteiger partial charge in [-0.2, -0.15) is 0 Å². The zero-order valence-electron chi connectivity index (χ0n) is 13.7. The number of hydrogen-bond donors (Lipinski definition) is 2. The molecule has 7 nitrogen and oxygen atoms in total. The molecule has 0 aliphatic rings. The van der Waals surface area contributed by atoms with E-state index >= 15 is 0 Å². The van der Waals surface area contributed by atoms with Crippen molar-refractivity contribution in [1.82, 2.24) is 5.32 Å². The second kappa shape index (κ2) is 8.77. The fraction of sp³-hybridized carbons (Fsp3) is 0.176. The smallest absolute Gasteiger partial charge is 0.270 e. The van der Waals surface area contributed by atoms with Crippen LogP contribution in [0.3, 0.4) is 0 Å². The van der Waals surface area contributed by atoms with Crippen molar-refractivity contribution in [3.63, 3.8) is 0 Å². The van der Waals surface area contributed by atoms with Gasteiger partial charge in [-0.25, -0.2) is 0 Å². The molecule has 0 atom stereocenters. The summed E-state index contributed by atoms with van der Waals surface area (Å²) in [6.45, 7) is 1.98. The van der Waals surface area contributed by atoms with Crippen LogP contribution in [-0.4, -0.2) is 23.3 Å². The van der Waals surface area contributed by atoms with Crippen molar-refractivity contribution in [2.24, 2.45) is 0 Å². The number of nitro groups is 1. The number of nitrogens with one attached hydrogen (secondary N) is 2. The zero-order chi connectivity index (χ0) is 19.3. The molecule has 2 rings (SSSR count). The molecule has 0 spiro atoms.